The van der Waals surface area contributed by atoms with Crippen molar-refractivity contribution in [1.29, 1.82) is 0 Å². The Bertz CT molecular complexity index is 856. The van der Waals surface area contributed by atoms with Crippen molar-refractivity contribution < 1.29 is 9.53 Å². The molecule has 1 amide bonds. The Morgan fingerprint density at radius 2 is 1.93 bits per heavy atom. The van der Waals surface area contributed by atoms with Crippen LogP contribution in [0.1, 0.15) is 25.0 Å². The third-order valence-electron chi connectivity index (χ3n) is 4.04. The zero-order valence-electron chi connectivity index (χ0n) is 15.8. The fraction of sp³-hybridized carbons (Fsp3) is 0.273. The first-order valence-corrected chi connectivity index (χ1v) is 9.17. The zero-order chi connectivity index (χ0) is 19.1. The van der Waals surface area contributed by atoms with Gasteiger partial charge in [0.1, 0.15) is 5.75 Å². The number of carbonyl (C=O) groups is 1. The average Bonchev–Trinajstić information content (AvgIpc) is 3.21. The number of ether oxygens (including phenoxy) is 1. The van der Waals surface area contributed by atoms with E-state index >= 15 is 0 Å². The van der Waals surface area contributed by atoms with Gasteiger partial charge in [0.05, 0.1) is 18.7 Å². The van der Waals surface area contributed by atoms with E-state index in [0.29, 0.717) is 25.5 Å². The molecule has 1 aromatic heterocycles. The summed E-state index contributed by atoms with van der Waals surface area (Å²) in [5.41, 5.74) is 2.98. The Labute approximate surface area is 160 Å². The quantitative estimate of drug-likeness (QED) is 0.663. The Morgan fingerprint density at radius 1 is 1.11 bits per heavy atom. The topological polar surface area (TPSA) is 56.1 Å². The first kappa shape index (κ1) is 18.7. The van der Waals surface area contributed by atoms with Crippen molar-refractivity contribution in [2.45, 2.75) is 26.8 Å². The van der Waals surface area contributed by atoms with E-state index in [1.807, 2.05) is 60.8 Å². The molecule has 3 aromatic rings. The molecule has 0 spiro atoms. The minimum atomic E-state index is -0.00431. The third kappa shape index (κ3) is 5.71. The first-order valence-electron chi connectivity index (χ1n) is 9.17. The highest BCUT2D eigenvalue weighted by molar-refractivity contribution is 5.78. The van der Waals surface area contributed by atoms with E-state index in [1.54, 1.807) is 10.9 Å². The number of aromatic nitrogens is 2. The second kappa shape index (κ2) is 9.03. The van der Waals surface area contributed by atoms with E-state index in [2.05, 4.69) is 24.3 Å². The van der Waals surface area contributed by atoms with Crippen LogP contribution in [0.2, 0.25) is 0 Å². The summed E-state index contributed by atoms with van der Waals surface area (Å²) in [6.45, 7) is 5.41. The molecule has 0 fully saturated rings. The molecule has 5 heteroatoms. The summed E-state index contributed by atoms with van der Waals surface area (Å²) >= 11 is 0. The van der Waals surface area contributed by atoms with Gasteiger partial charge in [-0.25, -0.2) is 4.68 Å². The van der Waals surface area contributed by atoms with Crippen molar-refractivity contribution in [2.75, 3.05) is 6.61 Å². The van der Waals surface area contributed by atoms with E-state index in [4.69, 9.17) is 4.74 Å². The molecule has 1 heterocycles. The van der Waals surface area contributed by atoms with Crippen molar-refractivity contribution in [2.24, 2.45) is 5.92 Å². The molecular formula is C22H25N3O2. The SMILES string of the molecule is CC(C)COc1ccc(CC(=O)NCc2cccc(-n3cccn3)c2)cc1. The molecule has 0 aliphatic rings. The van der Waals surface area contributed by atoms with Crippen LogP contribution in [0.3, 0.4) is 0 Å². The predicted octanol–water partition coefficient (Wildman–Crippen LogP) is 3.77. The molecule has 0 saturated carbocycles. The van der Waals surface area contributed by atoms with E-state index < -0.39 is 0 Å². The molecule has 0 radical (unpaired) electrons. The minimum Gasteiger partial charge on any atom is -0.493 e. The summed E-state index contributed by atoms with van der Waals surface area (Å²) in [6, 6.07) is 17.6. The van der Waals surface area contributed by atoms with E-state index in [0.717, 1.165) is 22.6 Å². The monoisotopic (exact) mass is 363 g/mol. The van der Waals surface area contributed by atoms with Crippen LogP contribution in [-0.4, -0.2) is 22.3 Å². The molecule has 0 unspecified atom stereocenters. The number of nitrogens with zero attached hydrogens (tertiary/aromatic N) is 2. The molecule has 5 nitrogen and oxygen atoms in total. The average molecular weight is 363 g/mol. The van der Waals surface area contributed by atoms with Crippen molar-refractivity contribution in [3.63, 3.8) is 0 Å². The van der Waals surface area contributed by atoms with Crippen LogP contribution in [0, 0.1) is 5.92 Å². The van der Waals surface area contributed by atoms with Crippen molar-refractivity contribution >= 4 is 5.91 Å². The van der Waals surface area contributed by atoms with Crippen molar-refractivity contribution in [3.8, 4) is 11.4 Å². The molecule has 140 valence electrons. The van der Waals surface area contributed by atoms with Crippen LogP contribution in [0.5, 0.6) is 5.75 Å². The maximum absolute atomic E-state index is 12.2. The van der Waals surface area contributed by atoms with Crippen LogP contribution in [0.15, 0.2) is 67.0 Å². The van der Waals surface area contributed by atoms with Crippen LogP contribution in [0.25, 0.3) is 5.69 Å². The largest absolute Gasteiger partial charge is 0.493 e. The number of nitrogens with one attached hydrogen (secondary N) is 1. The van der Waals surface area contributed by atoms with Gasteiger partial charge in [-0.1, -0.05) is 38.1 Å². The second-order valence-electron chi connectivity index (χ2n) is 6.92. The van der Waals surface area contributed by atoms with Crippen LogP contribution in [-0.2, 0) is 17.8 Å². The Hall–Kier alpha value is -3.08. The van der Waals surface area contributed by atoms with Gasteiger partial charge in [0.2, 0.25) is 5.91 Å². The lowest BCUT2D eigenvalue weighted by Gasteiger charge is -2.10. The molecule has 0 aliphatic heterocycles. The number of amides is 1. The molecule has 27 heavy (non-hydrogen) atoms. The van der Waals surface area contributed by atoms with Crippen LogP contribution < -0.4 is 10.1 Å². The molecule has 0 saturated heterocycles. The standard InChI is InChI=1S/C22H25N3O2/c1-17(2)16-27-21-9-7-18(8-10-21)14-22(26)23-15-19-5-3-6-20(13-19)25-12-4-11-24-25/h3-13,17H,14-16H2,1-2H3,(H,23,26). The number of hydrogen-bond acceptors (Lipinski definition) is 3. The van der Waals surface area contributed by atoms with Crippen molar-refractivity contribution in [3.05, 3.63) is 78.1 Å². The van der Waals surface area contributed by atoms with Crippen molar-refractivity contribution in [1.82, 2.24) is 15.1 Å². The van der Waals surface area contributed by atoms with Crippen LogP contribution in [0.4, 0.5) is 0 Å². The lowest BCUT2D eigenvalue weighted by atomic mass is 10.1. The Balaban J connectivity index is 1.50. The van der Waals surface area contributed by atoms with Gasteiger partial charge in [-0.05, 0) is 47.4 Å². The summed E-state index contributed by atoms with van der Waals surface area (Å²) in [4.78, 5) is 12.2. The number of benzene rings is 2. The first-order chi connectivity index (χ1) is 13.1. The maximum atomic E-state index is 12.2. The summed E-state index contributed by atoms with van der Waals surface area (Å²) in [6.07, 6.45) is 3.99. The number of rotatable bonds is 8. The fourth-order valence-electron chi connectivity index (χ4n) is 2.65. The predicted molar refractivity (Wildman–Crippen MR) is 106 cm³/mol. The van der Waals surface area contributed by atoms with Gasteiger partial charge in [0, 0.05) is 18.9 Å². The summed E-state index contributed by atoms with van der Waals surface area (Å²) in [5, 5.41) is 7.20. The number of hydrogen-bond donors (Lipinski definition) is 1. The van der Waals surface area contributed by atoms with Gasteiger partial charge in [-0.2, -0.15) is 5.10 Å². The van der Waals surface area contributed by atoms with Gasteiger partial charge >= 0.3 is 0 Å². The maximum Gasteiger partial charge on any atom is 0.224 e. The normalized spacial score (nSPS) is 10.8. The van der Waals surface area contributed by atoms with Crippen LogP contribution >= 0.6 is 0 Å². The minimum absolute atomic E-state index is 0.00431. The van der Waals surface area contributed by atoms with Gasteiger partial charge in [0.25, 0.3) is 0 Å². The molecular weight excluding hydrogens is 338 g/mol. The van der Waals surface area contributed by atoms with E-state index in [1.165, 1.54) is 0 Å². The second-order valence-corrected chi connectivity index (χ2v) is 6.92. The molecule has 3 rings (SSSR count). The molecule has 0 atom stereocenters. The summed E-state index contributed by atoms with van der Waals surface area (Å²) in [5.74, 6) is 1.32. The lowest BCUT2D eigenvalue weighted by molar-refractivity contribution is -0.120. The molecule has 2 aromatic carbocycles. The summed E-state index contributed by atoms with van der Waals surface area (Å²) < 4.78 is 7.47. The molecule has 1 N–H and O–H groups in total. The van der Waals surface area contributed by atoms with Gasteiger partial charge < -0.3 is 10.1 Å². The number of carbonyl (C=O) groups excluding carboxylic acids is 1. The fourth-order valence-corrected chi connectivity index (χ4v) is 2.65. The van der Waals surface area contributed by atoms with Gasteiger partial charge in [-0.3, -0.25) is 4.79 Å². The Kier molecular flexibility index (Phi) is 6.26. The highest BCUT2D eigenvalue weighted by Crippen LogP contribution is 2.14. The highest BCUT2D eigenvalue weighted by atomic mass is 16.5. The summed E-state index contributed by atoms with van der Waals surface area (Å²) in [7, 11) is 0. The molecule has 0 aliphatic carbocycles. The lowest BCUT2D eigenvalue weighted by Crippen LogP contribution is -2.24. The van der Waals surface area contributed by atoms with E-state index in [9.17, 15) is 4.79 Å². The van der Waals surface area contributed by atoms with E-state index in [-0.39, 0.29) is 5.91 Å². The zero-order valence-corrected chi connectivity index (χ0v) is 15.8. The third-order valence-corrected chi connectivity index (χ3v) is 4.04. The smallest absolute Gasteiger partial charge is 0.224 e. The van der Waals surface area contributed by atoms with Gasteiger partial charge in [0.15, 0.2) is 0 Å². The van der Waals surface area contributed by atoms with Gasteiger partial charge in [-0.15, -0.1) is 0 Å². The molecule has 0 bridgehead atoms. The Morgan fingerprint density at radius 3 is 2.63 bits per heavy atom. The highest BCUT2D eigenvalue weighted by Gasteiger charge is 2.05.